The van der Waals surface area contributed by atoms with Gasteiger partial charge >= 0.3 is 0 Å². The predicted molar refractivity (Wildman–Crippen MR) is 104 cm³/mol. The molecule has 0 aromatic heterocycles. The van der Waals surface area contributed by atoms with Crippen molar-refractivity contribution in [2.75, 3.05) is 51.4 Å². The van der Waals surface area contributed by atoms with Gasteiger partial charge in [0.05, 0.1) is 26.9 Å². The van der Waals surface area contributed by atoms with Gasteiger partial charge in [0.1, 0.15) is 0 Å². The first-order chi connectivity index (χ1) is 12.9. The first kappa shape index (κ1) is 18.5. The monoisotopic (exact) mass is 356 g/mol. The molecule has 1 aliphatic rings. The fourth-order valence-corrected chi connectivity index (χ4v) is 3.00. The van der Waals surface area contributed by atoms with Crippen molar-refractivity contribution in [3.8, 4) is 11.5 Å². The first-order valence-electron chi connectivity index (χ1n) is 9.25. The summed E-state index contributed by atoms with van der Waals surface area (Å²) in [5, 5.41) is 3.38. The van der Waals surface area contributed by atoms with E-state index in [2.05, 4.69) is 34.5 Å². The largest absolute Gasteiger partial charge is 0.493 e. The highest BCUT2D eigenvalue weighted by molar-refractivity contribution is 5.48. The van der Waals surface area contributed by atoms with Crippen LogP contribution in [-0.4, -0.2) is 46.5 Å². The number of hydrogen-bond donors (Lipinski definition) is 1. The standard InChI is InChI=1S/C21H28N2O3/c1-24-20-5-2-3-6-21(20)26-16-4-15-25-17-18-7-9-19(10-8-18)23-13-11-22-12-14-23/h2-3,5-10,22H,4,11-17H2,1H3. The number of para-hydroxylation sites is 2. The first-order valence-corrected chi connectivity index (χ1v) is 9.25. The molecule has 0 amide bonds. The van der Waals surface area contributed by atoms with E-state index >= 15 is 0 Å². The van der Waals surface area contributed by atoms with Crippen LogP contribution in [-0.2, 0) is 11.3 Å². The van der Waals surface area contributed by atoms with Crippen LogP contribution in [0.5, 0.6) is 11.5 Å². The second-order valence-corrected chi connectivity index (χ2v) is 6.31. The lowest BCUT2D eigenvalue weighted by atomic mass is 10.2. The number of piperazine rings is 1. The summed E-state index contributed by atoms with van der Waals surface area (Å²) in [5.41, 5.74) is 2.50. The molecule has 5 nitrogen and oxygen atoms in total. The van der Waals surface area contributed by atoms with Gasteiger partial charge in [-0.2, -0.15) is 0 Å². The van der Waals surface area contributed by atoms with Crippen LogP contribution >= 0.6 is 0 Å². The van der Waals surface area contributed by atoms with E-state index in [1.165, 1.54) is 11.3 Å². The van der Waals surface area contributed by atoms with Gasteiger partial charge in [-0.25, -0.2) is 0 Å². The molecule has 1 saturated heterocycles. The van der Waals surface area contributed by atoms with Gasteiger partial charge in [0, 0.05) is 38.3 Å². The van der Waals surface area contributed by atoms with E-state index in [1.807, 2.05) is 24.3 Å². The van der Waals surface area contributed by atoms with Crippen LogP contribution in [0, 0.1) is 0 Å². The van der Waals surface area contributed by atoms with Crippen molar-refractivity contribution in [1.29, 1.82) is 0 Å². The van der Waals surface area contributed by atoms with Gasteiger partial charge in [-0.05, 0) is 29.8 Å². The van der Waals surface area contributed by atoms with Crippen LogP contribution in [0.4, 0.5) is 5.69 Å². The van der Waals surface area contributed by atoms with Crippen LogP contribution in [0.1, 0.15) is 12.0 Å². The van der Waals surface area contributed by atoms with Crippen molar-refractivity contribution in [1.82, 2.24) is 5.32 Å². The second-order valence-electron chi connectivity index (χ2n) is 6.31. The minimum Gasteiger partial charge on any atom is -0.493 e. The van der Waals surface area contributed by atoms with Gasteiger partial charge in [0.15, 0.2) is 11.5 Å². The van der Waals surface area contributed by atoms with Crippen LogP contribution in [0.15, 0.2) is 48.5 Å². The van der Waals surface area contributed by atoms with E-state index in [1.54, 1.807) is 7.11 Å². The highest BCUT2D eigenvalue weighted by atomic mass is 16.5. The number of methoxy groups -OCH3 is 1. The van der Waals surface area contributed by atoms with Crippen molar-refractivity contribution in [3.05, 3.63) is 54.1 Å². The summed E-state index contributed by atoms with van der Waals surface area (Å²) in [4.78, 5) is 2.41. The molecule has 26 heavy (non-hydrogen) atoms. The summed E-state index contributed by atoms with van der Waals surface area (Å²) in [6, 6.07) is 16.4. The van der Waals surface area contributed by atoms with Crippen molar-refractivity contribution in [3.63, 3.8) is 0 Å². The molecule has 140 valence electrons. The van der Waals surface area contributed by atoms with Crippen LogP contribution < -0.4 is 19.7 Å². The number of hydrogen-bond acceptors (Lipinski definition) is 5. The Labute approximate surface area is 155 Å². The maximum absolute atomic E-state index is 5.76. The van der Waals surface area contributed by atoms with Crippen molar-refractivity contribution in [2.45, 2.75) is 13.0 Å². The average Bonchev–Trinajstić information content (AvgIpc) is 2.72. The lowest BCUT2D eigenvalue weighted by Gasteiger charge is -2.29. The molecule has 3 rings (SSSR count). The number of nitrogens with zero attached hydrogens (tertiary/aromatic N) is 1. The Bertz CT molecular complexity index is 655. The summed E-state index contributed by atoms with van der Waals surface area (Å²) < 4.78 is 16.8. The molecule has 0 spiro atoms. The zero-order valence-corrected chi connectivity index (χ0v) is 15.4. The third kappa shape index (κ3) is 5.38. The quantitative estimate of drug-likeness (QED) is 0.700. The summed E-state index contributed by atoms with van der Waals surface area (Å²) >= 11 is 0. The van der Waals surface area contributed by atoms with E-state index < -0.39 is 0 Å². The fraction of sp³-hybridized carbons (Fsp3) is 0.429. The summed E-state index contributed by atoms with van der Waals surface area (Å²) in [7, 11) is 1.65. The van der Waals surface area contributed by atoms with Crippen LogP contribution in [0.2, 0.25) is 0 Å². The van der Waals surface area contributed by atoms with Gasteiger partial charge in [-0.15, -0.1) is 0 Å². The number of ether oxygens (including phenoxy) is 3. The molecule has 0 radical (unpaired) electrons. The zero-order chi connectivity index (χ0) is 18.0. The lowest BCUT2D eigenvalue weighted by molar-refractivity contribution is 0.107. The smallest absolute Gasteiger partial charge is 0.161 e. The molecule has 1 heterocycles. The van der Waals surface area contributed by atoms with Crippen LogP contribution in [0.25, 0.3) is 0 Å². The minimum absolute atomic E-state index is 0.613. The van der Waals surface area contributed by atoms with Gasteiger partial charge in [0.25, 0.3) is 0 Å². The average molecular weight is 356 g/mol. The highest BCUT2D eigenvalue weighted by Gasteiger charge is 2.09. The molecule has 2 aromatic carbocycles. The number of rotatable bonds is 9. The summed E-state index contributed by atoms with van der Waals surface area (Å²) in [6.45, 7) is 6.18. The Balaban J connectivity index is 1.33. The normalized spacial score (nSPS) is 14.3. The number of anilines is 1. The Kier molecular flexibility index (Phi) is 7.16. The van der Waals surface area contributed by atoms with E-state index in [0.717, 1.165) is 44.1 Å². The Morgan fingerprint density at radius 3 is 2.38 bits per heavy atom. The maximum Gasteiger partial charge on any atom is 0.161 e. The van der Waals surface area contributed by atoms with Crippen molar-refractivity contribution in [2.24, 2.45) is 0 Å². The molecule has 1 aliphatic heterocycles. The SMILES string of the molecule is COc1ccccc1OCCCOCc1ccc(N2CCNCC2)cc1. The Hall–Kier alpha value is -2.24. The number of nitrogens with one attached hydrogen (secondary N) is 1. The highest BCUT2D eigenvalue weighted by Crippen LogP contribution is 2.25. The maximum atomic E-state index is 5.76. The van der Waals surface area contributed by atoms with E-state index in [-0.39, 0.29) is 0 Å². The van der Waals surface area contributed by atoms with Gasteiger partial charge in [-0.1, -0.05) is 24.3 Å². The van der Waals surface area contributed by atoms with Gasteiger partial charge < -0.3 is 24.4 Å². The van der Waals surface area contributed by atoms with E-state index in [9.17, 15) is 0 Å². The Morgan fingerprint density at radius 1 is 0.923 bits per heavy atom. The van der Waals surface area contributed by atoms with E-state index in [0.29, 0.717) is 19.8 Å². The van der Waals surface area contributed by atoms with Gasteiger partial charge in [-0.3, -0.25) is 0 Å². The van der Waals surface area contributed by atoms with Crippen LogP contribution in [0.3, 0.4) is 0 Å². The van der Waals surface area contributed by atoms with Crippen molar-refractivity contribution < 1.29 is 14.2 Å². The molecule has 1 N–H and O–H groups in total. The molecule has 0 atom stereocenters. The van der Waals surface area contributed by atoms with Gasteiger partial charge in [0.2, 0.25) is 0 Å². The topological polar surface area (TPSA) is 43.0 Å². The second kappa shape index (κ2) is 10.0. The molecule has 0 saturated carbocycles. The molecular formula is C21H28N2O3. The molecule has 5 heteroatoms. The fourth-order valence-electron chi connectivity index (χ4n) is 3.00. The molecule has 0 bridgehead atoms. The zero-order valence-electron chi connectivity index (χ0n) is 15.4. The summed E-state index contributed by atoms with van der Waals surface area (Å²) in [5.74, 6) is 1.54. The van der Waals surface area contributed by atoms with Crippen molar-refractivity contribution >= 4 is 5.69 Å². The third-order valence-electron chi connectivity index (χ3n) is 4.45. The predicted octanol–water partition coefficient (Wildman–Crippen LogP) is 3.09. The van der Waals surface area contributed by atoms with E-state index in [4.69, 9.17) is 14.2 Å². The Morgan fingerprint density at radius 2 is 1.65 bits per heavy atom. The third-order valence-corrected chi connectivity index (χ3v) is 4.45. The molecular weight excluding hydrogens is 328 g/mol. The molecule has 2 aromatic rings. The molecule has 0 unspecified atom stereocenters. The molecule has 0 aliphatic carbocycles. The number of benzene rings is 2. The minimum atomic E-state index is 0.613. The lowest BCUT2D eigenvalue weighted by Crippen LogP contribution is -2.43. The summed E-state index contributed by atoms with van der Waals surface area (Å²) in [6.07, 6.45) is 0.844. The molecule has 1 fully saturated rings.